The van der Waals surface area contributed by atoms with Crippen LogP contribution < -0.4 is 25.2 Å². The van der Waals surface area contributed by atoms with E-state index >= 15 is 0 Å². The molecule has 12 heteroatoms. The fourth-order valence-electron chi connectivity index (χ4n) is 5.25. The number of hydrogen-bond acceptors (Lipinski definition) is 8. The predicted octanol–water partition coefficient (Wildman–Crippen LogP) is 3.71. The van der Waals surface area contributed by atoms with Crippen molar-refractivity contribution in [3.05, 3.63) is 71.8 Å². The van der Waals surface area contributed by atoms with Gasteiger partial charge in [0.1, 0.15) is 35.8 Å². The number of amides is 3. The van der Waals surface area contributed by atoms with Crippen LogP contribution in [-0.2, 0) is 16.0 Å². The summed E-state index contributed by atoms with van der Waals surface area (Å²) < 4.78 is 30.4. The lowest BCUT2D eigenvalue weighted by molar-refractivity contribution is -0.141. The van der Waals surface area contributed by atoms with E-state index in [0.717, 1.165) is 24.2 Å². The fraction of sp³-hybridized carbons (Fsp3) is 0.379. The van der Waals surface area contributed by atoms with Gasteiger partial charge in [-0.25, -0.2) is 19.2 Å². The van der Waals surface area contributed by atoms with Crippen molar-refractivity contribution >= 4 is 29.3 Å². The van der Waals surface area contributed by atoms with Gasteiger partial charge in [0.15, 0.2) is 11.6 Å². The molecule has 0 radical (unpaired) electrons. The average Bonchev–Trinajstić information content (AvgIpc) is 3.54. The van der Waals surface area contributed by atoms with E-state index < -0.39 is 17.7 Å². The minimum absolute atomic E-state index is 0.102. The normalized spacial score (nSPS) is 20.5. The Morgan fingerprint density at radius 1 is 1.17 bits per heavy atom. The number of nitrogens with one attached hydrogen (secondary N) is 2. The van der Waals surface area contributed by atoms with E-state index in [9.17, 15) is 14.0 Å². The lowest BCUT2D eigenvalue weighted by Crippen LogP contribution is -2.48. The molecule has 2 fully saturated rings. The molecule has 3 aromatic rings. The molecule has 6 rings (SSSR count). The van der Waals surface area contributed by atoms with Crippen LogP contribution in [0.4, 0.5) is 26.5 Å². The summed E-state index contributed by atoms with van der Waals surface area (Å²) in [5.41, 5.74) is 1.73. The number of nitrogens with zero attached hydrogens (tertiary/aromatic N) is 4. The molecular formula is C29H31FN6O5. The largest absolute Gasteiger partial charge is 0.491 e. The van der Waals surface area contributed by atoms with Crippen molar-refractivity contribution in [2.45, 2.75) is 44.7 Å². The predicted molar refractivity (Wildman–Crippen MR) is 149 cm³/mol. The van der Waals surface area contributed by atoms with Gasteiger partial charge in [-0.15, -0.1) is 0 Å². The quantitative estimate of drug-likeness (QED) is 0.448. The molecule has 5 heterocycles. The van der Waals surface area contributed by atoms with Crippen molar-refractivity contribution in [1.29, 1.82) is 0 Å². The Morgan fingerprint density at radius 2 is 2.00 bits per heavy atom. The summed E-state index contributed by atoms with van der Waals surface area (Å²) >= 11 is 0. The van der Waals surface area contributed by atoms with Gasteiger partial charge in [-0.1, -0.05) is 12.1 Å². The Bertz CT molecular complexity index is 1450. The Hall–Kier alpha value is -4.29. The van der Waals surface area contributed by atoms with E-state index in [1.165, 1.54) is 12.1 Å². The minimum atomic E-state index is -0.636. The van der Waals surface area contributed by atoms with E-state index in [1.54, 1.807) is 41.4 Å². The number of rotatable bonds is 7. The second-order valence-corrected chi connectivity index (χ2v) is 10.7. The first kappa shape index (κ1) is 26.9. The van der Waals surface area contributed by atoms with Crippen LogP contribution in [0.15, 0.2) is 54.7 Å². The summed E-state index contributed by atoms with van der Waals surface area (Å²) in [6, 6.07) is 12.2. The van der Waals surface area contributed by atoms with Gasteiger partial charge < -0.3 is 24.4 Å². The van der Waals surface area contributed by atoms with Gasteiger partial charge in [0.05, 0.1) is 18.3 Å². The zero-order valence-corrected chi connectivity index (χ0v) is 22.8. The molecule has 214 valence electrons. The fourth-order valence-corrected chi connectivity index (χ4v) is 5.25. The minimum Gasteiger partial charge on any atom is -0.491 e. The van der Waals surface area contributed by atoms with Gasteiger partial charge in [-0.3, -0.25) is 15.0 Å². The van der Waals surface area contributed by atoms with Crippen LogP contribution in [0.5, 0.6) is 5.75 Å². The molecule has 2 atom stereocenters. The molecule has 1 unspecified atom stereocenters. The third-order valence-electron chi connectivity index (χ3n) is 7.24. The maximum atomic E-state index is 13.6. The van der Waals surface area contributed by atoms with E-state index in [0.29, 0.717) is 37.1 Å². The van der Waals surface area contributed by atoms with Crippen LogP contribution in [0, 0.1) is 5.82 Å². The first-order valence-corrected chi connectivity index (χ1v) is 13.5. The molecule has 0 aliphatic carbocycles. The van der Waals surface area contributed by atoms with Gasteiger partial charge in [0.25, 0.3) is 5.91 Å². The maximum absolute atomic E-state index is 13.6. The summed E-state index contributed by atoms with van der Waals surface area (Å²) in [6.45, 7) is 6.13. The third-order valence-corrected chi connectivity index (χ3v) is 7.24. The van der Waals surface area contributed by atoms with Crippen LogP contribution in [0.2, 0.25) is 0 Å². The number of anilines is 3. The molecule has 2 saturated heterocycles. The van der Waals surface area contributed by atoms with Crippen molar-refractivity contribution < 1.29 is 28.2 Å². The SMILES string of the molecule is CC1(C)OC[C@H](COc2ccnc(NC(=O)N3c4nc(C(=O)NCc5ccc(F)cc5)ccc4N4CCC3C4)c2)O1. The van der Waals surface area contributed by atoms with Crippen LogP contribution in [0.3, 0.4) is 0 Å². The number of carbonyl (C=O) groups excluding carboxylic acids is 2. The Labute approximate surface area is 236 Å². The van der Waals surface area contributed by atoms with E-state index in [1.807, 2.05) is 19.9 Å². The second kappa shape index (κ2) is 10.9. The summed E-state index contributed by atoms with van der Waals surface area (Å²) in [5.74, 6) is -0.0920. The molecule has 2 aromatic heterocycles. The smallest absolute Gasteiger partial charge is 0.329 e. The van der Waals surface area contributed by atoms with E-state index in [-0.39, 0.29) is 30.2 Å². The summed E-state index contributed by atoms with van der Waals surface area (Å²) in [7, 11) is 0. The Balaban J connectivity index is 1.15. The van der Waals surface area contributed by atoms with E-state index in [2.05, 4.69) is 25.5 Å². The van der Waals surface area contributed by atoms with Crippen LogP contribution in [0.1, 0.15) is 36.3 Å². The van der Waals surface area contributed by atoms with Gasteiger partial charge in [-0.05, 0) is 56.2 Å². The molecule has 0 saturated carbocycles. The Kier molecular flexibility index (Phi) is 7.18. The Morgan fingerprint density at radius 3 is 2.78 bits per heavy atom. The molecule has 3 aliphatic heterocycles. The maximum Gasteiger partial charge on any atom is 0.329 e. The summed E-state index contributed by atoms with van der Waals surface area (Å²) in [4.78, 5) is 39.2. The number of aromatic nitrogens is 2. The monoisotopic (exact) mass is 562 g/mol. The van der Waals surface area contributed by atoms with Gasteiger partial charge in [0.2, 0.25) is 0 Å². The van der Waals surface area contributed by atoms with Crippen molar-refractivity contribution in [3.8, 4) is 5.75 Å². The topological polar surface area (TPSA) is 118 Å². The number of benzene rings is 1. The highest BCUT2D eigenvalue weighted by molar-refractivity contribution is 6.05. The lowest BCUT2D eigenvalue weighted by Gasteiger charge is -2.35. The number of hydrogen-bond donors (Lipinski definition) is 2. The number of urea groups is 1. The molecule has 0 spiro atoms. The molecule has 2 N–H and O–H groups in total. The lowest BCUT2D eigenvalue weighted by atomic mass is 10.1. The molecular weight excluding hydrogens is 531 g/mol. The molecule has 11 nitrogen and oxygen atoms in total. The van der Waals surface area contributed by atoms with Crippen LogP contribution in [-0.4, -0.2) is 66.1 Å². The van der Waals surface area contributed by atoms with Gasteiger partial charge in [0, 0.05) is 31.9 Å². The molecule has 3 aliphatic rings. The number of fused-ring (bicyclic) bond motifs is 4. The summed E-state index contributed by atoms with van der Waals surface area (Å²) in [6.07, 6.45) is 2.13. The zero-order valence-electron chi connectivity index (χ0n) is 22.8. The average molecular weight is 563 g/mol. The number of pyridine rings is 2. The highest BCUT2D eigenvalue weighted by Gasteiger charge is 2.40. The van der Waals surface area contributed by atoms with E-state index in [4.69, 9.17) is 14.2 Å². The molecule has 1 aromatic carbocycles. The number of halogens is 1. The van der Waals surface area contributed by atoms with Gasteiger partial charge >= 0.3 is 6.03 Å². The molecule has 3 amide bonds. The number of carbonyl (C=O) groups is 2. The zero-order chi connectivity index (χ0) is 28.6. The van der Waals surface area contributed by atoms with Crippen LogP contribution >= 0.6 is 0 Å². The summed E-state index contributed by atoms with van der Waals surface area (Å²) in [5, 5.41) is 5.68. The first-order chi connectivity index (χ1) is 19.7. The highest BCUT2D eigenvalue weighted by Crippen LogP contribution is 2.39. The highest BCUT2D eigenvalue weighted by atomic mass is 19.1. The first-order valence-electron chi connectivity index (χ1n) is 13.5. The van der Waals surface area contributed by atoms with Crippen LogP contribution in [0.25, 0.3) is 0 Å². The van der Waals surface area contributed by atoms with Crippen molar-refractivity contribution in [1.82, 2.24) is 15.3 Å². The molecule has 2 bridgehead atoms. The molecule has 41 heavy (non-hydrogen) atoms. The number of ether oxygens (including phenoxy) is 3. The van der Waals surface area contributed by atoms with Gasteiger partial charge in [-0.2, -0.15) is 0 Å². The van der Waals surface area contributed by atoms with Crippen molar-refractivity contribution in [2.24, 2.45) is 0 Å². The van der Waals surface area contributed by atoms with Crippen molar-refractivity contribution in [2.75, 3.05) is 41.4 Å². The third kappa shape index (κ3) is 5.93. The van der Waals surface area contributed by atoms with Crippen molar-refractivity contribution in [3.63, 3.8) is 0 Å². The standard InChI is InChI=1S/C29H31FN6O5/c1-29(2)40-17-22(41-29)16-39-21-9-11-31-25(13-21)34-28(38)36-20-10-12-35(15-20)24-8-7-23(33-26(24)36)27(37)32-14-18-3-5-19(30)6-4-18/h3-9,11,13,20,22H,10,12,14-17H2,1-2H3,(H,32,37)(H,31,34,38)/t20?,22-/m0/s1. The second-order valence-electron chi connectivity index (χ2n) is 10.7.